The Morgan fingerprint density at radius 1 is 1.24 bits per heavy atom. The Morgan fingerprint density at radius 2 is 1.86 bits per heavy atom. The predicted molar refractivity (Wildman–Crippen MR) is 90.4 cm³/mol. The lowest BCUT2D eigenvalue weighted by Gasteiger charge is -2.45. The average molecular weight is 307 g/mol. The van der Waals surface area contributed by atoms with Gasteiger partial charge in [0.25, 0.3) is 0 Å². The normalized spacial score (nSPS) is 20.3. The summed E-state index contributed by atoms with van der Waals surface area (Å²) in [6.07, 6.45) is 0. The third-order valence-electron chi connectivity index (χ3n) is 3.25. The molecule has 0 saturated carbocycles. The van der Waals surface area contributed by atoms with Crippen LogP contribution in [-0.4, -0.2) is 33.9 Å². The summed E-state index contributed by atoms with van der Waals surface area (Å²) < 4.78 is 0. The predicted octanol–water partition coefficient (Wildman–Crippen LogP) is 3.70. The second-order valence-corrected chi connectivity index (χ2v) is 7.63. The number of hydrogen-bond donors (Lipinski definition) is 1. The van der Waals surface area contributed by atoms with Crippen LogP contribution in [0.25, 0.3) is 0 Å². The fourth-order valence-corrected chi connectivity index (χ4v) is 3.77. The molecular formula is C16H25N3OS. The molecule has 0 radical (unpaired) electrons. The van der Waals surface area contributed by atoms with Crippen molar-refractivity contribution >= 4 is 23.5 Å². The maximum absolute atomic E-state index is 12.9. The van der Waals surface area contributed by atoms with Crippen molar-refractivity contribution < 1.29 is 4.79 Å². The van der Waals surface area contributed by atoms with Crippen molar-refractivity contribution in [3.8, 4) is 0 Å². The molecule has 2 rings (SSSR count). The maximum atomic E-state index is 12.9. The molecule has 1 saturated heterocycles. The number of nitrogens with zero attached hydrogens (tertiary/aromatic N) is 2. The first-order valence-electron chi connectivity index (χ1n) is 7.34. The van der Waals surface area contributed by atoms with E-state index in [-0.39, 0.29) is 23.1 Å². The van der Waals surface area contributed by atoms with Crippen LogP contribution in [0.15, 0.2) is 30.3 Å². The first-order valence-corrected chi connectivity index (χ1v) is 8.38. The minimum absolute atomic E-state index is 0.0115. The summed E-state index contributed by atoms with van der Waals surface area (Å²) in [5.74, 6) is 0.666. The second-order valence-electron chi connectivity index (χ2n) is 6.59. The van der Waals surface area contributed by atoms with E-state index < -0.39 is 0 Å². The zero-order valence-corrected chi connectivity index (χ0v) is 14.3. The van der Waals surface area contributed by atoms with Gasteiger partial charge in [-0.3, -0.25) is 15.1 Å². The molecule has 0 aromatic heterocycles. The third-order valence-corrected chi connectivity index (χ3v) is 4.31. The van der Waals surface area contributed by atoms with Gasteiger partial charge in [0.05, 0.1) is 5.88 Å². The van der Waals surface area contributed by atoms with Gasteiger partial charge >= 0.3 is 6.03 Å². The highest BCUT2D eigenvalue weighted by Gasteiger charge is 2.37. The van der Waals surface area contributed by atoms with Crippen LogP contribution in [0.1, 0.15) is 34.6 Å². The number of carbonyl (C=O) groups excluding carboxylic acids is 1. The number of nitrogens with one attached hydrogen (secondary N) is 1. The highest BCUT2D eigenvalue weighted by Crippen LogP contribution is 2.30. The minimum atomic E-state index is -0.0278. The molecule has 0 aliphatic carbocycles. The Morgan fingerprint density at radius 3 is 2.38 bits per heavy atom. The summed E-state index contributed by atoms with van der Waals surface area (Å²) in [6.45, 7) is 10.5. The molecule has 1 unspecified atom stereocenters. The standard InChI is InChI=1S/C16H25N3OS/c1-12(2)19-14(17-16(3,4)5)21-11-18(15(19)20)13-9-7-6-8-10-13/h6-10,12,14,17H,11H2,1-5H3. The number of benzene rings is 1. The quantitative estimate of drug-likeness (QED) is 0.925. The lowest BCUT2D eigenvalue weighted by Crippen LogP contribution is -2.62. The SMILES string of the molecule is CC(C)N1C(=O)N(c2ccccc2)CSC1NC(C)(C)C. The van der Waals surface area contributed by atoms with Crippen LogP contribution in [0.3, 0.4) is 0 Å². The molecule has 0 spiro atoms. The van der Waals surface area contributed by atoms with Crippen LogP contribution < -0.4 is 10.2 Å². The molecule has 21 heavy (non-hydrogen) atoms. The molecule has 1 aliphatic heterocycles. The molecule has 1 fully saturated rings. The summed E-state index contributed by atoms with van der Waals surface area (Å²) >= 11 is 1.75. The average Bonchev–Trinajstić information content (AvgIpc) is 2.37. The molecule has 1 heterocycles. The zero-order valence-electron chi connectivity index (χ0n) is 13.5. The van der Waals surface area contributed by atoms with Crippen molar-refractivity contribution in [2.45, 2.75) is 51.7 Å². The molecule has 116 valence electrons. The Hall–Kier alpha value is -1.20. The van der Waals surface area contributed by atoms with Crippen LogP contribution in [0.4, 0.5) is 10.5 Å². The summed E-state index contributed by atoms with van der Waals surface area (Å²) in [4.78, 5) is 16.6. The summed E-state index contributed by atoms with van der Waals surface area (Å²) in [5.41, 5.74) is 0.937. The molecule has 4 nitrogen and oxygen atoms in total. The Kier molecular flexibility index (Phi) is 4.84. The van der Waals surface area contributed by atoms with Gasteiger partial charge in [-0.15, -0.1) is 0 Å². The van der Waals surface area contributed by atoms with Crippen LogP contribution >= 0.6 is 11.8 Å². The monoisotopic (exact) mass is 307 g/mol. The van der Waals surface area contributed by atoms with Gasteiger partial charge in [0.2, 0.25) is 0 Å². The second kappa shape index (κ2) is 6.28. The number of para-hydroxylation sites is 1. The molecule has 1 aliphatic rings. The van der Waals surface area contributed by atoms with E-state index in [0.29, 0.717) is 5.88 Å². The Bertz CT molecular complexity index is 484. The van der Waals surface area contributed by atoms with Gasteiger partial charge in [-0.25, -0.2) is 4.79 Å². The van der Waals surface area contributed by atoms with Crippen LogP contribution in [0, 0.1) is 0 Å². The molecule has 0 bridgehead atoms. The highest BCUT2D eigenvalue weighted by atomic mass is 32.2. The maximum Gasteiger partial charge on any atom is 0.327 e. The first-order chi connectivity index (χ1) is 9.79. The van der Waals surface area contributed by atoms with Crippen molar-refractivity contribution in [1.82, 2.24) is 10.2 Å². The van der Waals surface area contributed by atoms with Crippen LogP contribution in [0.2, 0.25) is 0 Å². The summed E-state index contributed by atoms with van der Waals surface area (Å²) in [7, 11) is 0. The molecule has 1 atom stereocenters. The van der Waals surface area contributed by atoms with Gasteiger partial charge in [-0.05, 0) is 46.8 Å². The fourth-order valence-electron chi connectivity index (χ4n) is 2.29. The van der Waals surface area contributed by atoms with Crippen molar-refractivity contribution in [1.29, 1.82) is 0 Å². The number of urea groups is 1. The van der Waals surface area contributed by atoms with Gasteiger partial charge < -0.3 is 0 Å². The topological polar surface area (TPSA) is 35.6 Å². The van der Waals surface area contributed by atoms with E-state index >= 15 is 0 Å². The van der Waals surface area contributed by atoms with Gasteiger partial charge in [-0.1, -0.05) is 30.0 Å². The van der Waals surface area contributed by atoms with Gasteiger partial charge in [0, 0.05) is 17.3 Å². The van der Waals surface area contributed by atoms with Gasteiger partial charge in [0.1, 0.15) is 5.50 Å². The van der Waals surface area contributed by atoms with E-state index in [2.05, 4.69) is 39.9 Å². The number of anilines is 1. The molecule has 2 amide bonds. The Balaban J connectivity index is 2.21. The summed E-state index contributed by atoms with van der Waals surface area (Å²) in [6, 6.07) is 10.1. The van der Waals surface area contributed by atoms with Crippen LogP contribution in [0.5, 0.6) is 0 Å². The lowest BCUT2D eigenvalue weighted by atomic mass is 10.1. The van der Waals surface area contributed by atoms with Crippen molar-refractivity contribution in [2.24, 2.45) is 0 Å². The number of amides is 2. The van der Waals surface area contributed by atoms with Crippen LogP contribution in [-0.2, 0) is 0 Å². The fraction of sp³-hybridized carbons (Fsp3) is 0.562. The highest BCUT2D eigenvalue weighted by molar-refractivity contribution is 8.00. The van der Waals surface area contributed by atoms with Crippen molar-refractivity contribution in [2.75, 3.05) is 10.8 Å². The number of rotatable bonds is 3. The largest absolute Gasteiger partial charge is 0.327 e. The smallest absolute Gasteiger partial charge is 0.297 e. The molecular weight excluding hydrogens is 282 g/mol. The molecule has 1 N–H and O–H groups in total. The molecule has 5 heteroatoms. The number of thioether (sulfide) groups is 1. The molecule has 1 aromatic rings. The van der Waals surface area contributed by atoms with E-state index in [1.54, 1.807) is 11.8 Å². The van der Waals surface area contributed by atoms with E-state index in [1.165, 1.54) is 0 Å². The van der Waals surface area contributed by atoms with Crippen molar-refractivity contribution in [3.05, 3.63) is 30.3 Å². The minimum Gasteiger partial charge on any atom is -0.297 e. The lowest BCUT2D eigenvalue weighted by molar-refractivity contribution is 0.161. The van der Waals surface area contributed by atoms with E-state index in [1.807, 2.05) is 40.1 Å². The van der Waals surface area contributed by atoms with Gasteiger partial charge in [0.15, 0.2) is 0 Å². The number of carbonyl (C=O) groups is 1. The summed E-state index contributed by atoms with van der Waals surface area (Å²) in [5, 5.41) is 3.53. The third kappa shape index (κ3) is 3.92. The van der Waals surface area contributed by atoms with Gasteiger partial charge in [-0.2, -0.15) is 0 Å². The first kappa shape index (κ1) is 16.2. The zero-order chi connectivity index (χ0) is 15.6. The van der Waals surface area contributed by atoms with E-state index in [4.69, 9.17) is 0 Å². The Labute approximate surface area is 131 Å². The number of hydrogen-bond acceptors (Lipinski definition) is 3. The molecule has 1 aromatic carbocycles. The van der Waals surface area contributed by atoms with E-state index in [9.17, 15) is 4.79 Å². The van der Waals surface area contributed by atoms with E-state index in [0.717, 1.165) is 5.69 Å². The van der Waals surface area contributed by atoms with Crippen molar-refractivity contribution in [3.63, 3.8) is 0 Å².